The Bertz CT molecular complexity index is 74.2. The molecule has 0 fully saturated rings. The molecule has 0 aromatic heterocycles. The Morgan fingerprint density at radius 1 is 1.00 bits per heavy atom. The van der Waals surface area contributed by atoms with Gasteiger partial charge < -0.3 is 11.5 Å². The van der Waals surface area contributed by atoms with Crippen molar-refractivity contribution in [2.24, 2.45) is 23.3 Å². The first-order chi connectivity index (χ1) is 5.70. The summed E-state index contributed by atoms with van der Waals surface area (Å²) >= 11 is 0. The highest BCUT2D eigenvalue weighted by atomic mass is 14.5. The second-order valence-electron chi connectivity index (χ2n) is 3.26. The van der Waals surface area contributed by atoms with Crippen molar-refractivity contribution in [1.29, 1.82) is 0 Å². The normalized spacial score (nSPS) is 14.5. The third kappa shape index (κ3) is 9.92. The van der Waals surface area contributed by atoms with Crippen molar-refractivity contribution >= 4 is 0 Å². The van der Waals surface area contributed by atoms with E-state index >= 15 is 0 Å². The van der Waals surface area contributed by atoms with Gasteiger partial charge in [0.25, 0.3) is 0 Å². The van der Waals surface area contributed by atoms with E-state index in [1.807, 2.05) is 13.8 Å². The van der Waals surface area contributed by atoms with Crippen LogP contribution >= 0.6 is 0 Å². The lowest BCUT2D eigenvalue weighted by atomic mass is 9.95. The molecule has 2 atom stereocenters. The molecule has 0 aliphatic rings. The van der Waals surface area contributed by atoms with Crippen LogP contribution in [0.4, 0.5) is 0 Å². The standard InChI is InChI=1S/C8H20N2.C2H6/c1-7(3-4-9)5-8(2)6-10;1-2/h7-8H,3-6,9-10H2,1-2H3;1-2H3. The second kappa shape index (κ2) is 10.9. The van der Waals surface area contributed by atoms with Crippen LogP contribution in [0.5, 0.6) is 0 Å². The van der Waals surface area contributed by atoms with Gasteiger partial charge in [0, 0.05) is 0 Å². The molecule has 0 saturated heterocycles. The van der Waals surface area contributed by atoms with Crippen LogP contribution in [0.1, 0.15) is 40.5 Å². The van der Waals surface area contributed by atoms with Crippen LogP contribution in [0.25, 0.3) is 0 Å². The van der Waals surface area contributed by atoms with Crippen molar-refractivity contribution in [2.45, 2.75) is 40.5 Å². The fraction of sp³-hybridized carbons (Fsp3) is 1.00. The van der Waals surface area contributed by atoms with Gasteiger partial charge in [0.1, 0.15) is 0 Å². The van der Waals surface area contributed by atoms with Crippen LogP contribution in [0, 0.1) is 11.8 Å². The third-order valence-electron chi connectivity index (χ3n) is 1.87. The summed E-state index contributed by atoms with van der Waals surface area (Å²) in [6.45, 7) is 10.0. The van der Waals surface area contributed by atoms with E-state index in [0.29, 0.717) is 5.92 Å². The molecule has 0 saturated carbocycles. The summed E-state index contributed by atoms with van der Waals surface area (Å²) in [5, 5.41) is 0. The maximum absolute atomic E-state index is 5.49. The van der Waals surface area contributed by atoms with Gasteiger partial charge >= 0.3 is 0 Å². The lowest BCUT2D eigenvalue weighted by molar-refractivity contribution is 0.404. The molecule has 0 heterocycles. The molecule has 0 spiro atoms. The molecule has 12 heavy (non-hydrogen) atoms. The average Bonchev–Trinajstić information content (AvgIpc) is 2.08. The summed E-state index contributed by atoms with van der Waals surface area (Å²) in [6.07, 6.45) is 2.35. The molecule has 2 nitrogen and oxygen atoms in total. The smallest absolute Gasteiger partial charge is 0.00514 e. The van der Waals surface area contributed by atoms with E-state index in [2.05, 4.69) is 13.8 Å². The molecule has 0 bridgehead atoms. The van der Waals surface area contributed by atoms with Gasteiger partial charge in [-0.1, -0.05) is 27.7 Å². The van der Waals surface area contributed by atoms with Crippen molar-refractivity contribution in [3.63, 3.8) is 0 Å². The second-order valence-corrected chi connectivity index (χ2v) is 3.26. The van der Waals surface area contributed by atoms with Crippen LogP contribution in [-0.4, -0.2) is 13.1 Å². The van der Waals surface area contributed by atoms with E-state index in [1.165, 1.54) is 6.42 Å². The van der Waals surface area contributed by atoms with E-state index in [4.69, 9.17) is 11.5 Å². The van der Waals surface area contributed by atoms with Crippen molar-refractivity contribution in [2.75, 3.05) is 13.1 Å². The predicted octanol–water partition coefficient (Wildman–Crippen LogP) is 1.98. The van der Waals surface area contributed by atoms with Crippen LogP contribution in [0.2, 0.25) is 0 Å². The first-order valence-corrected chi connectivity index (χ1v) is 5.10. The number of rotatable bonds is 5. The summed E-state index contributed by atoms with van der Waals surface area (Å²) in [7, 11) is 0. The quantitative estimate of drug-likeness (QED) is 0.669. The van der Waals surface area contributed by atoms with E-state index in [9.17, 15) is 0 Å². The third-order valence-corrected chi connectivity index (χ3v) is 1.87. The van der Waals surface area contributed by atoms with Gasteiger partial charge in [0.2, 0.25) is 0 Å². The SMILES string of the molecule is CC.CC(CN)CC(C)CCN. The van der Waals surface area contributed by atoms with E-state index in [-0.39, 0.29) is 0 Å². The first-order valence-electron chi connectivity index (χ1n) is 5.10. The van der Waals surface area contributed by atoms with Gasteiger partial charge in [0.05, 0.1) is 0 Å². The molecule has 0 amide bonds. The monoisotopic (exact) mass is 174 g/mol. The number of nitrogens with two attached hydrogens (primary N) is 2. The maximum Gasteiger partial charge on any atom is -0.00514 e. The molecule has 0 aromatic rings. The number of hydrogen-bond donors (Lipinski definition) is 2. The first kappa shape index (κ1) is 14.4. The maximum atomic E-state index is 5.49. The van der Waals surface area contributed by atoms with Gasteiger partial charge in [-0.25, -0.2) is 0 Å². The lowest BCUT2D eigenvalue weighted by Gasteiger charge is -2.14. The van der Waals surface area contributed by atoms with Gasteiger partial charge in [0.15, 0.2) is 0 Å². The summed E-state index contributed by atoms with van der Waals surface area (Å²) in [4.78, 5) is 0. The van der Waals surface area contributed by atoms with Crippen molar-refractivity contribution in [3.8, 4) is 0 Å². The van der Waals surface area contributed by atoms with Crippen molar-refractivity contribution < 1.29 is 0 Å². The highest BCUT2D eigenvalue weighted by Crippen LogP contribution is 2.12. The molecular weight excluding hydrogens is 148 g/mol. The Hall–Kier alpha value is -0.0800. The molecule has 0 aliphatic heterocycles. The minimum Gasteiger partial charge on any atom is -0.330 e. The van der Waals surface area contributed by atoms with Crippen molar-refractivity contribution in [1.82, 2.24) is 0 Å². The molecule has 0 rings (SSSR count). The minimum atomic E-state index is 0.654. The molecule has 0 radical (unpaired) electrons. The Labute approximate surface area is 77.7 Å². The van der Waals surface area contributed by atoms with E-state index in [0.717, 1.165) is 25.4 Å². The van der Waals surface area contributed by atoms with Crippen molar-refractivity contribution in [3.05, 3.63) is 0 Å². The fourth-order valence-corrected chi connectivity index (χ4v) is 1.19. The highest BCUT2D eigenvalue weighted by Gasteiger charge is 2.05. The van der Waals surface area contributed by atoms with E-state index in [1.54, 1.807) is 0 Å². The molecule has 2 unspecified atom stereocenters. The fourth-order valence-electron chi connectivity index (χ4n) is 1.19. The Kier molecular flexibility index (Phi) is 13.1. The summed E-state index contributed by atoms with van der Waals surface area (Å²) in [5.74, 6) is 1.39. The predicted molar refractivity (Wildman–Crippen MR) is 57.0 cm³/mol. The van der Waals surface area contributed by atoms with Gasteiger partial charge in [-0.05, 0) is 37.8 Å². The van der Waals surface area contributed by atoms with Crippen LogP contribution < -0.4 is 11.5 Å². The highest BCUT2D eigenvalue weighted by molar-refractivity contribution is 4.60. The van der Waals surface area contributed by atoms with E-state index < -0.39 is 0 Å². The zero-order valence-corrected chi connectivity index (χ0v) is 9.14. The van der Waals surface area contributed by atoms with Crippen LogP contribution in [0.15, 0.2) is 0 Å². The minimum absolute atomic E-state index is 0.654. The topological polar surface area (TPSA) is 52.0 Å². The molecule has 76 valence electrons. The van der Waals surface area contributed by atoms with Gasteiger partial charge in [-0.15, -0.1) is 0 Å². The Balaban J connectivity index is 0. The summed E-state index contributed by atoms with van der Waals surface area (Å²) < 4.78 is 0. The zero-order chi connectivity index (χ0) is 9.98. The summed E-state index contributed by atoms with van der Waals surface area (Å²) in [5.41, 5.74) is 10.9. The largest absolute Gasteiger partial charge is 0.330 e. The van der Waals surface area contributed by atoms with Gasteiger partial charge in [-0.2, -0.15) is 0 Å². The molecule has 2 heteroatoms. The molecular formula is C10H26N2. The lowest BCUT2D eigenvalue weighted by Crippen LogP contribution is -2.15. The van der Waals surface area contributed by atoms with Crippen LogP contribution in [-0.2, 0) is 0 Å². The number of hydrogen-bond acceptors (Lipinski definition) is 2. The van der Waals surface area contributed by atoms with Gasteiger partial charge in [-0.3, -0.25) is 0 Å². The zero-order valence-electron chi connectivity index (χ0n) is 9.14. The Morgan fingerprint density at radius 2 is 1.50 bits per heavy atom. The average molecular weight is 174 g/mol. The summed E-state index contributed by atoms with van der Waals surface area (Å²) in [6, 6.07) is 0. The molecule has 0 aliphatic carbocycles. The molecule has 4 N–H and O–H groups in total. The molecule has 0 aromatic carbocycles. The van der Waals surface area contributed by atoms with Crippen LogP contribution in [0.3, 0.4) is 0 Å². The Morgan fingerprint density at radius 3 is 1.83 bits per heavy atom.